The van der Waals surface area contributed by atoms with E-state index in [1.165, 1.54) is 6.07 Å². The molecule has 0 radical (unpaired) electrons. The third-order valence-electron chi connectivity index (χ3n) is 2.24. The van der Waals surface area contributed by atoms with E-state index in [4.69, 9.17) is 10.8 Å². The van der Waals surface area contributed by atoms with Crippen LogP contribution in [0.4, 0.5) is 0 Å². The van der Waals surface area contributed by atoms with Crippen LogP contribution in [0.5, 0.6) is 5.75 Å². The topological polar surface area (TPSA) is 83.5 Å². The molecule has 0 spiro atoms. The maximum Gasteiger partial charge on any atom is 0.339 e. The first kappa shape index (κ1) is 11.5. The Morgan fingerprint density at radius 3 is 2.60 bits per heavy atom. The number of aryl methyl sites for hydroxylation is 1. The van der Waals surface area contributed by atoms with Gasteiger partial charge < -0.3 is 15.9 Å². The van der Waals surface area contributed by atoms with Gasteiger partial charge in [0, 0.05) is 12.1 Å². The van der Waals surface area contributed by atoms with Gasteiger partial charge in [0.15, 0.2) is 0 Å². The number of aromatic carboxylic acids is 1. The molecule has 0 aliphatic heterocycles. The summed E-state index contributed by atoms with van der Waals surface area (Å²) >= 11 is 0. The number of aromatic hydroxyl groups is 1. The minimum atomic E-state index is -1.12. The summed E-state index contributed by atoms with van der Waals surface area (Å²) in [6.07, 6.45) is 1.71. The second-order valence-electron chi connectivity index (χ2n) is 3.41. The van der Waals surface area contributed by atoms with Crippen molar-refractivity contribution in [2.45, 2.75) is 26.3 Å². The molecular formula is C11H15NO3. The lowest BCUT2D eigenvalue weighted by molar-refractivity contribution is 0.0693. The highest BCUT2D eigenvalue weighted by atomic mass is 16.4. The van der Waals surface area contributed by atoms with Crippen LogP contribution in [0.3, 0.4) is 0 Å². The zero-order valence-electron chi connectivity index (χ0n) is 8.66. The van der Waals surface area contributed by atoms with Crippen molar-refractivity contribution in [2.75, 3.05) is 0 Å². The Labute approximate surface area is 88.3 Å². The van der Waals surface area contributed by atoms with E-state index < -0.39 is 5.97 Å². The van der Waals surface area contributed by atoms with Gasteiger partial charge >= 0.3 is 5.97 Å². The van der Waals surface area contributed by atoms with E-state index in [-0.39, 0.29) is 17.9 Å². The summed E-state index contributed by atoms with van der Waals surface area (Å²) in [6, 6.07) is 3.26. The van der Waals surface area contributed by atoms with Gasteiger partial charge in [-0.3, -0.25) is 0 Å². The maximum atomic E-state index is 10.8. The van der Waals surface area contributed by atoms with Crippen molar-refractivity contribution in [1.82, 2.24) is 0 Å². The van der Waals surface area contributed by atoms with E-state index in [1.807, 2.05) is 6.92 Å². The van der Waals surface area contributed by atoms with Gasteiger partial charge in [0.2, 0.25) is 0 Å². The van der Waals surface area contributed by atoms with Crippen molar-refractivity contribution in [1.29, 1.82) is 0 Å². The Hall–Kier alpha value is -1.55. The van der Waals surface area contributed by atoms with E-state index in [2.05, 4.69) is 0 Å². The number of carboxylic acids is 1. The number of rotatable bonds is 4. The molecular weight excluding hydrogens is 194 g/mol. The Morgan fingerprint density at radius 1 is 1.47 bits per heavy atom. The summed E-state index contributed by atoms with van der Waals surface area (Å²) < 4.78 is 0. The fourth-order valence-electron chi connectivity index (χ4n) is 1.51. The van der Waals surface area contributed by atoms with Gasteiger partial charge in [-0.1, -0.05) is 19.4 Å². The smallest absolute Gasteiger partial charge is 0.339 e. The molecule has 4 heteroatoms. The predicted molar refractivity (Wildman–Crippen MR) is 57.0 cm³/mol. The number of hydrogen-bond acceptors (Lipinski definition) is 3. The lowest BCUT2D eigenvalue weighted by Gasteiger charge is -2.08. The quantitative estimate of drug-likeness (QED) is 0.701. The van der Waals surface area contributed by atoms with E-state index >= 15 is 0 Å². The summed E-state index contributed by atoms with van der Waals surface area (Å²) in [4.78, 5) is 10.8. The van der Waals surface area contributed by atoms with Crippen molar-refractivity contribution in [2.24, 2.45) is 5.73 Å². The standard InChI is InChI=1S/C11H15NO3/c1-2-3-7-4-8(6-12)10(13)9(5-7)11(14)15/h4-5,13H,2-3,6,12H2,1H3,(H,14,15). The number of benzene rings is 1. The van der Waals surface area contributed by atoms with Crippen molar-refractivity contribution >= 4 is 5.97 Å². The average molecular weight is 209 g/mol. The Balaban J connectivity index is 3.25. The SMILES string of the molecule is CCCc1cc(CN)c(O)c(C(=O)O)c1. The van der Waals surface area contributed by atoms with Gasteiger partial charge in [-0.25, -0.2) is 4.79 Å². The summed E-state index contributed by atoms with van der Waals surface area (Å²) in [7, 11) is 0. The monoisotopic (exact) mass is 209 g/mol. The number of phenols is 1. The molecule has 0 heterocycles. The molecule has 1 aromatic carbocycles. The highest BCUT2D eigenvalue weighted by Gasteiger charge is 2.14. The maximum absolute atomic E-state index is 10.8. The molecule has 0 saturated heterocycles. The first-order valence-corrected chi connectivity index (χ1v) is 4.88. The normalized spacial score (nSPS) is 10.3. The second-order valence-corrected chi connectivity index (χ2v) is 3.41. The molecule has 0 unspecified atom stereocenters. The molecule has 0 aromatic heterocycles. The minimum absolute atomic E-state index is 0.0681. The molecule has 0 amide bonds. The lowest BCUT2D eigenvalue weighted by atomic mass is 10.0. The van der Waals surface area contributed by atoms with Crippen LogP contribution in [0.1, 0.15) is 34.8 Å². The van der Waals surface area contributed by atoms with Gasteiger partial charge in [0.25, 0.3) is 0 Å². The van der Waals surface area contributed by atoms with E-state index in [9.17, 15) is 9.90 Å². The van der Waals surface area contributed by atoms with E-state index in [0.717, 1.165) is 18.4 Å². The summed E-state index contributed by atoms with van der Waals surface area (Å²) in [5, 5.41) is 18.5. The minimum Gasteiger partial charge on any atom is -0.507 e. The second kappa shape index (κ2) is 4.79. The van der Waals surface area contributed by atoms with Crippen LogP contribution in [0.2, 0.25) is 0 Å². The third-order valence-corrected chi connectivity index (χ3v) is 2.24. The van der Waals surface area contributed by atoms with Crippen LogP contribution in [-0.4, -0.2) is 16.2 Å². The summed E-state index contributed by atoms with van der Waals surface area (Å²) in [5.41, 5.74) is 6.74. The van der Waals surface area contributed by atoms with Gasteiger partial charge in [0.1, 0.15) is 11.3 Å². The number of carboxylic acid groups (broad SMARTS) is 1. The lowest BCUT2D eigenvalue weighted by Crippen LogP contribution is -2.04. The van der Waals surface area contributed by atoms with Crippen molar-refractivity contribution in [3.8, 4) is 5.75 Å². The van der Waals surface area contributed by atoms with Gasteiger partial charge in [-0.2, -0.15) is 0 Å². The number of carbonyl (C=O) groups is 1. The third kappa shape index (κ3) is 2.47. The first-order chi connectivity index (χ1) is 7.10. The molecule has 1 rings (SSSR count). The molecule has 82 valence electrons. The van der Waals surface area contributed by atoms with Crippen molar-refractivity contribution in [3.05, 3.63) is 28.8 Å². The summed E-state index contributed by atoms with van der Waals surface area (Å²) in [5.74, 6) is -1.34. The van der Waals surface area contributed by atoms with Crippen molar-refractivity contribution < 1.29 is 15.0 Å². The van der Waals surface area contributed by atoms with E-state index in [0.29, 0.717) is 5.56 Å². The van der Waals surface area contributed by atoms with Crippen LogP contribution in [0, 0.1) is 0 Å². The number of nitrogens with two attached hydrogens (primary N) is 1. The molecule has 4 N–H and O–H groups in total. The van der Waals surface area contributed by atoms with Gasteiger partial charge in [-0.15, -0.1) is 0 Å². The van der Waals surface area contributed by atoms with E-state index in [1.54, 1.807) is 6.07 Å². The van der Waals surface area contributed by atoms with Crippen molar-refractivity contribution in [3.63, 3.8) is 0 Å². The Bertz CT molecular complexity index is 374. The van der Waals surface area contributed by atoms with Gasteiger partial charge in [0.05, 0.1) is 0 Å². The Morgan fingerprint density at radius 2 is 2.13 bits per heavy atom. The molecule has 0 bridgehead atoms. The average Bonchev–Trinajstić information content (AvgIpc) is 2.20. The zero-order chi connectivity index (χ0) is 11.4. The zero-order valence-corrected chi connectivity index (χ0v) is 8.66. The molecule has 0 aliphatic carbocycles. The molecule has 0 atom stereocenters. The van der Waals surface area contributed by atoms with Crippen LogP contribution < -0.4 is 5.73 Å². The fourth-order valence-corrected chi connectivity index (χ4v) is 1.51. The van der Waals surface area contributed by atoms with Crippen LogP contribution in [0.25, 0.3) is 0 Å². The largest absolute Gasteiger partial charge is 0.507 e. The predicted octanol–water partition coefficient (Wildman–Crippen LogP) is 1.50. The Kier molecular flexibility index (Phi) is 3.68. The molecule has 4 nitrogen and oxygen atoms in total. The highest BCUT2D eigenvalue weighted by molar-refractivity contribution is 5.91. The van der Waals surface area contributed by atoms with Crippen LogP contribution in [-0.2, 0) is 13.0 Å². The summed E-state index contributed by atoms with van der Waals surface area (Å²) in [6.45, 7) is 2.15. The molecule has 0 aliphatic rings. The van der Waals surface area contributed by atoms with Gasteiger partial charge in [-0.05, 0) is 18.1 Å². The molecule has 0 saturated carbocycles. The number of hydrogen-bond donors (Lipinski definition) is 3. The molecule has 1 aromatic rings. The fraction of sp³-hybridized carbons (Fsp3) is 0.364. The first-order valence-electron chi connectivity index (χ1n) is 4.88. The van der Waals surface area contributed by atoms with Crippen LogP contribution >= 0.6 is 0 Å². The molecule has 0 fully saturated rings. The van der Waals surface area contributed by atoms with Crippen LogP contribution in [0.15, 0.2) is 12.1 Å². The molecule has 15 heavy (non-hydrogen) atoms. The highest BCUT2D eigenvalue weighted by Crippen LogP contribution is 2.25.